The Morgan fingerprint density at radius 1 is 1.12 bits per heavy atom. The summed E-state index contributed by atoms with van der Waals surface area (Å²) in [6.45, 7) is 2.19. The molecule has 0 atom stereocenters. The molecule has 6 nitrogen and oxygen atoms in total. The number of carbonyl (C=O) groups is 2. The van der Waals surface area contributed by atoms with Gasteiger partial charge in [-0.2, -0.15) is 0 Å². The Morgan fingerprint density at radius 3 is 2.54 bits per heavy atom. The number of pyridine rings is 1. The number of nitrogens with one attached hydrogen (secondary N) is 1. The molecule has 7 heteroatoms. The molecular weight excluding hydrogens is 374 g/mol. The first-order chi connectivity index (χ1) is 11.6. The van der Waals surface area contributed by atoms with Gasteiger partial charge in [-0.05, 0) is 36.4 Å². The van der Waals surface area contributed by atoms with Crippen LogP contribution in [0.5, 0.6) is 0 Å². The summed E-state index contributed by atoms with van der Waals surface area (Å²) in [5.41, 5.74) is 1.32. The van der Waals surface area contributed by atoms with Gasteiger partial charge in [-0.1, -0.05) is 15.9 Å². The minimum absolute atomic E-state index is 0.113. The smallest absolute Gasteiger partial charge is 0.274 e. The molecule has 0 bridgehead atoms. The van der Waals surface area contributed by atoms with Crippen molar-refractivity contribution in [1.82, 2.24) is 9.88 Å². The first-order valence-corrected chi connectivity index (χ1v) is 8.33. The lowest BCUT2D eigenvalue weighted by Gasteiger charge is -2.26. The molecule has 1 N–H and O–H groups in total. The third kappa shape index (κ3) is 3.98. The second kappa shape index (κ2) is 7.55. The topological polar surface area (TPSA) is 71.5 Å². The van der Waals surface area contributed by atoms with Gasteiger partial charge in [-0.15, -0.1) is 0 Å². The highest BCUT2D eigenvalue weighted by Crippen LogP contribution is 2.15. The van der Waals surface area contributed by atoms with E-state index in [9.17, 15) is 9.59 Å². The van der Waals surface area contributed by atoms with Crippen molar-refractivity contribution >= 4 is 33.4 Å². The fourth-order valence-electron chi connectivity index (χ4n) is 2.37. The molecule has 0 aliphatic carbocycles. The SMILES string of the molecule is O=C(Nc1ccc(Br)cc1)c1cc(C(=O)N2CCOCC2)ccn1. The number of ether oxygens (including phenoxy) is 1. The van der Waals surface area contributed by atoms with Crippen molar-refractivity contribution in [3.05, 3.63) is 58.3 Å². The molecule has 2 heterocycles. The number of rotatable bonds is 3. The van der Waals surface area contributed by atoms with Gasteiger partial charge in [0.2, 0.25) is 0 Å². The van der Waals surface area contributed by atoms with E-state index in [0.717, 1.165) is 4.47 Å². The van der Waals surface area contributed by atoms with Gasteiger partial charge in [-0.25, -0.2) is 0 Å². The summed E-state index contributed by atoms with van der Waals surface area (Å²) in [5.74, 6) is -0.465. The highest BCUT2D eigenvalue weighted by Gasteiger charge is 2.20. The molecule has 2 aromatic rings. The maximum absolute atomic E-state index is 12.5. The molecule has 1 saturated heterocycles. The summed E-state index contributed by atoms with van der Waals surface area (Å²) in [6.07, 6.45) is 1.48. The van der Waals surface area contributed by atoms with E-state index in [1.54, 1.807) is 23.1 Å². The van der Waals surface area contributed by atoms with Crippen LogP contribution in [0.1, 0.15) is 20.8 Å². The van der Waals surface area contributed by atoms with Gasteiger partial charge in [-0.3, -0.25) is 14.6 Å². The number of amides is 2. The zero-order chi connectivity index (χ0) is 16.9. The van der Waals surface area contributed by atoms with E-state index in [4.69, 9.17) is 4.74 Å². The fourth-order valence-corrected chi connectivity index (χ4v) is 2.63. The predicted molar refractivity (Wildman–Crippen MR) is 93.1 cm³/mol. The van der Waals surface area contributed by atoms with Crippen LogP contribution in [0.3, 0.4) is 0 Å². The second-order valence-corrected chi connectivity index (χ2v) is 6.21. The molecule has 3 rings (SSSR count). The summed E-state index contributed by atoms with van der Waals surface area (Å²) >= 11 is 3.34. The summed E-state index contributed by atoms with van der Waals surface area (Å²) in [4.78, 5) is 30.6. The zero-order valence-electron chi connectivity index (χ0n) is 12.9. The Hall–Kier alpha value is -2.25. The monoisotopic (exact) mass is 389 g/mol. The van der Waals surface area contributed by atoms with E-state index >= 15 is 0 Å². The van der Waals surface area contributed by atoms with E-state index in [2.05, 4.69) is 26.2 Å². The molecule has 0 spiro atoms. The van der Waals surface area contributed by atoms with Crippen molar-refractivity contribution in [2.75, 3.05) is 31.6 Å². The van der Waals surface area contributed by atoms with Crippen LogP contribution < -0.4 is 5.32 Å². The number of benzene rings is 1. The van der Waals surface area contributed by atoms with E-state index in [-0.39, 0.29) is 17.5 Å². The predicted octanol–water partition coefficient (Wildman–Crippen LogP) is 2.57. The summed E-state index contributed by atoms with van der Waals surface area (Å²) in [7, 11) is 0. The summed E-state index contributed by atoms with van der Waals surface area (Å²) in [5, 5.41) is 2.76. The molecule has 1 aromatic heterocycles. The third-order valence-electron chi connectivity index (χ3n) is 3.64. The van der Waals surface area contributed by atoms with Crippen LogP contribution in [-0.2, 0) is 4.74 Å². The maximum Gasteiger partial charge on any atom is 0.274 e. The maximum atomic E-state index is 12.5. The van der Waals surface area contributed by atoms with Gasteiger partial charge in [0.1, 0.15) is 5.69 Å². The largest absolute Gasteiger partial charge is 0.378 e. The standard InChI is InChI=1S/C17H16BrN3O3/c18-13-1-3-14(4-2-13)20-16(22)15-11-12(5-6-19-15)17(23)21-7-9-24-10-8-21/h1-6,11H,7-10H2,(H,20,22). The van der Waals surface area contributed by atoms with Crippen LogP contribution >= 0.6 is 15.9 Å². The lowest BCUT2D eigenvalue weighted by molar-refractivity contribution is 0.0303. The molecule has 1 aliphatic heterocycles. The molecule has 1 aliphatic rings. The molecular formula is C17H16BrN3O3. The van der Waals surface area contributed by atoms with Crippen molar-refractivity contribution in [3.8, 4) is 0 Å². The van der Waals surface area contributed by atoms with Crippen LogP contribution in [0.2, 0.25) is 0 Å². The first kappa shape index (κ1) is 16.6. The summed E-state index contributed by atoms with van der Waals surface area (Å²) < 4.78 is 6.18. The van der Waals surface area contributed by atoms with E-state index < -0.39 is 0 Å². The summed E-state index contributed by atoms with van der Waals surface area (Å²) in [6, 6.07) is 10.4. The molecule has 1 aromatic carbocycles. The number of halogens is 1. The highest BCUT2D eigenvalue weighted by atomic mass is 79.9. The van der Waals surface area contributed by atoms with Gasteiger partial charge in [0, 0.05) is 35.0 Å². The molecule has 1 fully saturated rings. The molecule has 2 amide bonds. The lowest BCUT2D eigenvalue weighted by atomic mass is 10.2. The molecule has 0 unspecified atom stereocenters. The van der Waals surface area contributed by atoms with E-state index in [1.165, 1.54) is 12.3 Å². The van der Waals surface area contributed by atoms with Gasteiger partial charge in [0.25, 0.3) is 11.8 Å². The van der Waals surface area contributed by atoms with Crippen LogP contribution in [0.15, 0.2) is 47.1 Å². The van der Waals surface area contributed by atoms with E-state index in [1.807, 2.05) is 12.1 Å². The Kier molecular flexibility index (Phi) is 5.22. The minimum atomic E-state index is -0.353. The van der Waals surface area contributed by atoms with Crippen LogP contribution in [-0.4, -0.2) is 48.0 Å². The Balaban J connectivity index is 1.73. The average molecular weight is 390 g/mol. The van der Waals surface area contributed by atoms with Crippen LogP contribution in [0, 0.1) is 0 Å². The number of hydrogen-bond donors (Lipinski definition) is 1. The Bertz CT molecular complexity index is 743. The number of anilines is 1. The van der Waals surface area contributed by atoms with Crippen molar-refractivity contribution < 1.29 is 14.3 Å². The number of aromatic nitrogens is 1. The number of nitrogens with zero attached hydrogens (tertiary/aromatic N) is 2. The number of morpholine rings is 1. The van der Waals surface area contributed by atoms with Gasteiger partial charge in [0.05, 0.1) is 13.2 Å². The van der Waals surface area contributed by atoms with Crippen molar-refractivity contribution in [2.45, 2.75) is 0 Å². The highest BCUT2D eigenvalue weighted by molar-refractivity contribution is 9.10. The normalized spacial score (nSPS) is 14.3. The fraction of sp³-hybridized carbons (Fsp3) is 0.235. The number of carbonyl (C=O) groups excluding carboxylic acids is 2. The second-order valence-electron chi connectivity index (χ2n) is 5.30. The van der Waals surface area contributed by atoms with Crippen LogP contribution in [0.4, 0.5) is 5.69 Å². The lowest BCUT2D eigenvalue weighted by Crippen LogP contribution is -2.40. The molecule has 0 radical (unpaired) electrons. The minimum Gasteiger partial charge on any atom is -0.378 e. The first-order valence-electron chi connectivity index (χ1n) is 7.53. The van der Waals surface area contributed by atoms with E-state index in [0.29, 0.717) is 37.6 Å². The van der Waals surface area contributed by atoms with Gasteiger partial charge in [0.15, 0.2) is 0 Å². The van der Waals surface area contributed by atoms with Gasteiger partial charge < -0.3 is 15.0 Å². The Labute approximate surface area is 148 Å². The Morgan fingerprint density at radius 2 is 1.83 bits per heavy atom. The quantitative estimate of drug-likeness (QED) is 0.875. The van der Waals surface area contributed by atoms with Crippen molar-refractivity contribution in [1.29, 1.82) is 0 Å². The number of hydrogen-bond acceptors (Lipinski definition) is 4. The average Bonchev–Trinajstić information content (AvgIpc) is 2.64. The zero-order valence-corrected chi connectivity index (χ0v) is 14.5. The van der Waals surface area contributed by atoms with Gasteiger partial charge >= 0.3 is 0 Å². The third-order valence-corrected chi connectivity index (χ3v) is 4.17. The van der Waals surface area contributed by atoms with Crippen molar-refractivity contribution in [3.63, 3.8) is 0 Å². The van der Waals surface area contributed by atoms with Crippen LogP contribution in [0.25, 0.3) is 0 Å². The van der Waals surface area contributed by atoms with Crippen molar-refractivity contribution in [2.24, 2.45) is 0 Å². The molecule has 124 valence electrons. The molecule has 24 heavy (non-hydrogen) atoms. The molecule has 0 saturated carbocycles.